The number of rotatable bonds is 3. The fourth-order valence-corrected chi connectivity index (χ4v) is 5.89. The normalized spacial score (nSPS) is 19.4. The molecule has 0 amide bonds. The van der Waals surface area contributed by atoms with E-state index in [9.17, 15) is 0 Å². The molecule has 0 unspecified atom stereocenters. The van der Waals surface area contributed by atoms with Crippen LogP contribution in [-0.2, 0) is 6.54 Å². The van der Waals surface area contributed by atoms with Crippen LogP contribution in [0.5, 0.6) is 0 Å². The topological polar surface area (TPSA) is 49.6 Å². The number of hydrogen-bond acceptors (Lipinski definition) is 6. The van der Waals surface area contributed by atoms with Crippen molar-refractivity contribution in [3.05, 3.63) is 53.3 Å². The lowest BCUT2D eigenvalue weighted by atomic mass is 9.77. The molecule has 0 saturated carbocycles. The molecule has 2 fully saturated rings. The fraction of sp³-hybridized carbons (Fsp3) is 0.435. The Morgan fingerprint density at radius 2 is 1.93 bits per heavy atom. The van der Waals surface area contributed by atoms with E-state index in [-0.39, 0.29) is 0 Å². The number of fused-ring (bicyclic) bond motifs is 2. The average Bonchev–Trinajstić information content (AvgIpc) is 3.49. The molecule has 0 N–H and O–H groups in total. The first kappa shape index (κ1) is 18.3. The van der Waals surface area contributed by atoms with E-state index in [1.807, 2.05) is 22.3 Å². The SMILES string of the molecule is Cc1cc(N2CCC3(CCN(Cc4ccc5scnc5c4)CC3)C2)n2nccc2n1. The van der Waals surface area contributed by atoms with Gasteiger partial charge < -0.3 is 4.90 Å². The molecule has 7 heteroatoms. The summed E-state index contributed by atoms with van der Waals surface area (Å²) in [6.45, 7) is 7.70. The summed E-state index contributed by atoms with van der Waals surface area (Å²) < 4.78 is 3.27. The van der Waals surface area contributed by atoms with Gasteiger partial charge in [-0.25, -0.2) is 9.97 Å². The highest BCUT2D eigenvalue weighted by molar-refractivity contribution is 7.16. The predicted octanol–water partition coefficient (Wildman–Crippen LogP) is 4.14. The first-order valence-corrected chi connectivity index (χ1v) is 11.7. The molecular weight excluding hydrogens is 392 g/mol. The van der Waals surface area contributed by atoms with E-state index in [4.69, 9.17) is 0 Å². The van der Waals surface area contributed by atoms with Crippen molar-refractivity contribution in [3.63, 3.8) is 0 Å². The number of piperidine rings is 1. The minimum atomic E-state index is 0.437. The number of aromatic nitrogens is 4. The van der Waals surface area contributed by atoms with Gasteiger partial charge in [0.15, 0.2) is 5.65 Å². The van der Waals surface area contributed by atoms with Crippen LogP contribution in [0.2, 0.25) is 0 Å². The molecule has 2 aliphatic heterocycles. The summed E-state index contributed by atoms with van der Waals surface area (Å²) in [5.74, 6) is 1.19. The summed E-state index contributed by atoms with van der Waals surface area (Å²) in [5, 5.41) is 4.51. The zero-order valence-electron chi connectivity index (χ0n) is 17.3. The lowest BCUT2D eigenvalue weighted by molar-refractivity contribution is 0.115. The quantitative estimate of drug-likeness (QED) is 0.500. The Hall–Kier alpha value is -2.51. The number of hydrogen-bond donors (Lipinski definition) is 0. The summed E-state index contributed by atoms with van der Waals surface area (Å²) in [7, 11) is 0. The Bertz CT molecular complexity index is 1200. The molecule has 3 aromatic heterocycles. The highest BCUT2D eigenvalue weighted by Crippen LogP contribution is 2.42. The van der Waals surface area contributed by atoms with Crippen molar-refractivity contribution in [2.75, 3.05) is 31.1 Å². The lowest BCUT2D eigenvalue weighted by Gasteiger charge is -2.39. The van der Waals surface area contributed by atoms with Crippen molar-refractivity contribution in [3.8, 4) is 0 Å². The Morgan fingerprint density at radius 3 is 2.83 bits per heavy atom. The molecule has 0 atom stereocenters. The Balaban J connectivity index is 1.14. The summed E-state index contributed by atoms with van der Waals surface area (Å²) in [6.07, 6.45) is 5.66. The van der Waals surface area contributed by atoms with Crippen molar-refractivity contribution in [1.82, 2.24) is 24.5 Å². The van der Waals surface area contributed by atoms with Crippen LogP contribution >= 0.6 is 11.3 Å². The first-order valence-electron chi connectivity index (χ1n) is 10.8. The molecular formula is C23H26N6S. The Morgan fingerprint density at radius 1 is 1.07 bits per heavy atom. The van der Waals surface area contributed by atoms with Crippen LogP contribution in [0.15, 0.2) is 42.0 Å². The molecule has 4 aromatic rings. The average molecular weight is 419 g/mol. The van der Waals surface area contributed by atoms with Gasteiger partial charge in [-0.15, -0.1) is 11.3 Å². The summed E-state index contributed by atoms with van der Waals surface area (Å²) in [5.41, 5.74) is 6.89. The first-order chi connectivity index (χ1) is 14.7. The van der Waals surface area contributed by atoms with E-state index in [0.29, 0.717) is 5.41 Å². The van der Waals surface area contributed by atoms with Gasteiger partial charge in [0.25, 0.3) is 0 Å². The van der Waals surface area contributed by atoms with Gasteiger partial charge >= 0.3 is 0 Å². The Labute approximate surface area is 180 Å². The van der Waals surface area contributed by atoms with Crippen LogP contribution in [0.1, 0.15) is 30.5 Å². The van der Waals surface area contributed by atoms with E-state index in [0.717, 1.165) is 36.5 Å². The second-order valence-electron chi connectivity index (χ2n) is 8.96. The van der Waals surface area contributed by atoms with Crippen LogP contribution in [-0.4, -0.2) is 50.7 Å². The fourth-order valence-electron chi connectivity index (χ4n) is 5.23. The van der Waals surface area contributed by atoms with Crippen molar-refractivity contribution in [2.45, 2.75) is 32.7 Å². The molecule has 6 rings (SSSR count). The zero-order chi connectivity index (χ0) is 20.1. The van der Waals surface area contributed by atoms with Gasteiger partial charge in [-0.3, -0.25) is 4.90 Å². The van der Waals surface area contributed by atoms with Gasteiger partial charge in [0.1, 0.15) is 5.82 Å². The van der Waals surface area contributed by atoms with Crippen molar-refractivity contribution < 1.29 is 0 Å². The molecule has 0 bridgehead atoms. The third-order valence-corrected chi connectivity index (χ3v) is 7.76. The summed E-state index contributed by atoms with van der Waals surface area (Å²) in [6, 6.07) is 10.9. The second-order valence-corrected chi connectivity index (χ2v) is 9.85. The van der Waals surface area contributed by atoms with E-state index in [2.05, 4.69) is 56.1 Å². The largest absolute Gasteiger partial charge is 0.356 e. The highest BCUT2D eigenvalue weighted by Gasteiger charge is 2.41. The molecule has 1 aromatic carbocycles. The predicted molar refractivity (Wildman–Crippen MR) is 121 cm³/mol. The maximum absolute atomic E-state index is 4.60. The molecule has 1 spiro atoms. The standard InChI is InChI=1S/C23H26N6S/c1-17-12-22(29-21(26-17)4-8-25-29)28-11-7-23(15-28)5-9-27(10-6-23)14-18-2-3-20-19(13-18)24-16-30-20/h2-4,8,12-13,16H,5-7,9-11,14-15H2,1H3. The molecule has 0 aliphatic carbocycles. The maximum atomic E-state index is 4.60. The summed E-state index contributed by atoms with van der Waals surface area (Å²) >= 11 is 1.72. The minimum Gasteiger partial charge on any atom is -0.356 e. The van der Waals surface area contributed by atoms with Gasteiger partial charge in [0, 0.05) is 37.5 Å². The number of thiazole rings is 1. The van der Waals surface area contributed by atoms with E-state index < -0.39 is 0 Å². The van der Waals surface area contributed by atoms with E-state index in [1.165, 1.54) is 48.4 Å². The second kappa shape index (κ2) is 7.03. The minimum absolute atomic E-state index is 0.437. The summed E-state index contributed by atoms with van der Waals surface area (Å²) in [4.78, 5) is 14.2. The number of aryl methyl sites for hydroxylation is 1. The third kappa shape index (κ3) is 3.17. The molecule has 6 nitrogen and oxygen atoms in total. The number of anilines is 1. The van der Waals surface area contributed by atoms with Gasteiger partial charge in [-0.2, -0.15) is 9.61 Å². The van der Waals surface area contributed by atoms with Crippen molar-refractivity contribution >= 4 is 33.0 Å². The lowest BCUT2D eigenvalue weighted by Crippen LogP contribution is -2.41. The van der Waals surface area contributed by atoms with Crippen LogP contribution in [0.25, 0.3) is 15.9 Å². The van der Waals surface area contributed by atoms with Gasteiger partial charge in [-0.05, 0) is 62.4 Å². The zero-order valence-corrected chi connectivity index (χ0v) is 18.1. The highest BCUT2D eigenvalue weighted by atomic mass is 32.1. The molecule has 154 valence electrons. The van der Waals surface area contributed by atoms with Gasteiger partial charge in [0.2, 0.25) is 0 Å². The molecule has 2 saturated heterocycles. The molecule has 0 radical (unpaired) electrons. The molecule has 2 aliphatic rings. The third-order valence-electron chi connectivity index (χ3n) is 6.95. The number of benzene rings is 1. The van der Waals surface area contributed by atoms with E-state index in [1.54, 1.807) is 11.3 Å². The van der Waals surface area contributed by atoms with Crippen molar-refractivity contribution in [2.24, 2.45) is 5.41 Å². The smallest absolute Gasteiger partial charge is 0.157 e. The van der Waals surface area contributed by atoms with Crippen LogP contribution in [0.4, 0.5) is 5.82 Å². The Kier molecular flexibility index (Phi) is 4.28. The monoisotopic (exact) mass is 418 g/mol. The van der Waals surface area contributed by atoms with Crippen LogP contribution in [0.3, 0.4) is 0 Å². The van der Waals surface area contributed by atoms with Crippen LogP contribution in [0, 0.1) is 12.3 Å². The van der Waals surface area contributed by atoms with Gasteiger partial charge in [-0.1, -0.05) is 6.07 Å². The maximum Gasteiger partial charge on any atom is 0.157 e. The number of likely N-dealkylation sites (tertiary alicyclic amines) is 1. The molecule has 5 heterocycles. The van der Waals surface area contributed by atoms with Crippen molar-refractivity contribution in [1.29, 1.82) is 0 Å². The van der Waals surface area contributed by atoms with Gasteiger partial charge in [0.05, 0.1) is 21.9 Å². The number of nitrogens with zero attached hydrogens (tertiary/aromatic N) is 6. The van der Waals surface area contributed by atoms with E-state index >= 15 is 0 Å². The molecule has 30 heavy (non-hydrogen) atoms. The van der Waals surface area contributed by atoms with Crippen LogP contribution < -0.4 is 4.90 Å².